The maximum atomic E-state index is 6.14. The van der Waals surface area contributed by atoms with Crippen LogP contribution in [0.1, 0.15) is 51.9 Å². The van der Waals surface area contributed by atoms with E-state index in [9.17, 15) is 0 Å². The molecule has 0 amide bonds. The van der Waals surface area contributed by atoms with Gasteiger partial charge in [0.15, 0.2) is 0 Å². The van der Waals surface area contributed by atoms with Gasteiger partial charge in [-0.05, 0) is 44.5 Å². The van der Waals surface area contributed by atoms with Gasteiger partial charge in [0.05, 0.1) is 0 Å². The Morgan fingerprint density at radius 2 is 1.83 bits per heavy atom. The van der Waals surface area contributed by atoms with Crippen LogP contribution in [-0.4, -0.2) is 43.1 Å². The highest BCUT2D eigenvalue weighted by molar-refractivity contribution is 7.98. The molecule has 2 nitrogen and oxygen atoms in total. The molecule has 1 saturated carbocycles. The molecule has 2 N–H and O–H groups in total. The second kappa shape index (κ2) is 8.44. The zero-order valence-corrected chi connectivity index (χ0v) is 13.4. The molecule has 1 rings (SSSR count). The summed E-state index contributed by atoms with van der Waals surface area (Å²) < 4.78 is 0. The minimum absolute atomic E-state index is 0.400. The van der Waals surface area contributed by atoms with Crippen molar-refractivity contribution in [2.75, 3.05) is 32.1 Å². The molecular formula is C15H32N2S. The number of nitrogens with two attached hydrogens (primary N) is 1. The van der Waals surface area contributed by atoms with Crippen LogP contribution in [0.4, 0.5) is 0 Å². The Morgan fingerprint density at radius 1 is 1.22 bits per heavy atom. The lowest BCUT2D eigenvalue weighted by molar-refractivity contribution is 0.129. The Balaban J connectivity index is 2.59. The van der Waals surface area contributed by atoms with Gasteiger partial charge in [0.25, 0.3) is 0 Å². The van der Waals surface area contributed by atoms with Crippen LogP contribution in [0, 0.1) is 5.41 Å². The van der Waals surface area contributed by atoms with Gasteiger partial charge < -0.3 is 10.6 Å². The summed E-state index contributed by atoms with van der Waals surface area (Å²) in [4.78, 5) is 2.58. The van der Waals surface area contributed by atoms with Crippen LogP contribution in [-0.2, 0) is 0 Å². The first-order valence-electron chi connectivity index (χ1n) is 7.56. The third-order valence-corrected chi connectivity index (χ3v) is 5.35. The van der Waals surface area contributed by atoms with Crippen LogP contribution in [0.5, 0.6) is 0 Å². The minimum Gasteiger partial charge on any atom is -0.330 e. The van der Waals surface area contributed by atoms with Crippen LogP contribution in [0.3, 0.4) is 0 Å². The fourth-order valence-corrected chi connectivity index (χ4v) is 4.19. The van der Waals surface area contributed by atoms with Crippen LogP contribution in [0.15, 0.2) is 0 Å². The van der Waals surface area contributed by atoms with Gasteiger partial charge in [0, 0.05) is 18.3 Å². The van der Waals surface area contributed by atoms with Gasteiger partial charge in [-0.2, -0.15) is 11.8 Å². The summed E-state index contributed by atoms with van der Waals surface area (Å²) in [6.45, 7) is 4.37. The standard InChI is InChI=1S/C15H32N2S/c1-4-14(11-18-3)17(2)13-15(12-16)9-7-5-6-8-10-15/h14H,4-13,16H2,1-3H3. The number of hydrogen-bond acceptors (Lipinski definition) is 3. The lowest BCUT2D eigenvalue weighted by atomic mass is 9.79. The SMILES string of the molecule is CCC(CSC)N(C)CC1(CN)CCCCCC1. The van der Waals surface area contributed by atoms with Crippen molar-refractivity contribution >= 4 is 11.8 Å². The van der Waals surface area contributed by atoms with Gasteiger partial charge in [-0.3, -0.25) is 0 Å². The number of hydrogen-bond donors (Lipinski definition) is 1. The smallest absolute Gasteiger partial charge is 0.0180 e. The van der Waals surface area contributed by atoms with E-state index in [1.807, 2.05) is 11.8 Å². The van der Waals surface area contributed by atoms with E-state index in [1.165, 1.54) is 57.2 Å². The molecule has 0 aliphatic heterocycles. The highest BCUT2D eigenvalue weighted by atomic mass is 32.2. The Morgan fingerprint density at radius 3 is 2.28 bits per heavy atom. The van der Waals surface area contributed by atoms with Crippen molar-refractivity contribution in [2.45, 2.75) is 57.9 Å². The van der Waals surface area contributed by atoms with Crippen molar-refractivity contribution in [2.24, 2.45) is 11.1 Å². The largest absolute Gasteiger partial charge is 0.330 e. The van der Waals surface area contributed by atoms with Gasteiger partial charge in [0.2, 0.25) is 0 Å². The highest BCUT2D eigenvalue weighted by Crippen LogP contribution is 2.35. The summed E-state index contributed by atoms with van der Waals surface area (Å²) >= 11 is 1.96. The van der Waals surface area contributed by atoms with Gasteiger partial charge in [-0.25, -0.2) is 0 Å². The molecule has 0 bridgehead atoms. The molecule has 0 radical (unpaired) electrons. The summed E-state index contributed by atoms with van der Waals surface area (Å²) in [5.41, 5.74) is 6.54. The molecule has 1 aliphatic carbocycles. The first kappa shape index (κ1) is 16.3. The van der Waals surface area contributed by atoms with E-state index < -0.39 is 0 Å². The third kappa shape index (κ3) is 4.75. The van der Waals surface area contributed by atoms with Gasteiger partial charge in [-0.1, -0.05) is 32.6 Å². The Bertz CT molecular complexity index is 213. The normalized spacial score (nSPS) is 21.8. The lowest BCUT2D eigenvalue weighted by Gasteiger charge is -2.38. The topological polar surface area (TPSA) is 29.3 Å². The van der Waals surface area contributed by atoms with E-state index in [4.69, 9.17) is 5.73 Å². The maximum absolute atomic E-state index is 6.14. The zero-order chi connectivity index (χ0) is 13.4. The molecule has 108 valence electrons. The molecule has 0 aromatic rings. The summed E-state index contributed by atoms with van der Waals surface area (Å²) in [5, 5.41) is 0. The fraction of sp³-hybridized carbons (Fsp3) is 1.00. The van der Waals surface area contributed by atoms with Gasteiger partial charge in [0.1, 0.15) is 0 Å². The van der Waals surface area contributed by atoms with Crippen molar-refractivity contribution in [3.8, 4) is 0 Å². The van der Waals surface area contributed by atoms with E-state index >= 15 is 0 Å². The average Bonchev–Trinajstić information content (AvgIpc) is 2.62. The van der Waals surface area contributed by atoms with Crippen LogP contribution in [0.25, 0.3) is 0 Å². The molecule has 0 aromatic carbocycles. The van der Waals surface area contributed by atoms with Crippen molar-refractivity contribution in [3.63, 3.8) is 0 Å². The molecule has 1 unspecified atom stereocenters. The number of thioether (sulfide) groups is 1. The summed E-state index contributed by atoms with van der Waals surface area (Å²) in [7, 11) is 2.30. The van der Waals surface area contributed by atoms with Gasteiger partial charge in [-0.15, -0.1) is 0 Å². The predicted octanol–water partition coefficient (Wildman–Crippen LogP) is 3.36. The molecule has 0 aromatic heterocycles. The van der Waals surface area contributed by atoms with Crippen LogP contribution >= 0.6 is 11.8 Å². The monoisotopic (exact) mass is 272 g/mol. The highest BCUT2D eigenvalue weighted by Gasteiger charge is 2.32. The molecule has 18 heavy (non-hydrogen) atoms. The minimum atomic E-state index is 0.400. The molecular weight excluding hydrogens is 240 g/mol. The van der Waals surface area contributed by atoms with Crippen molar-refractivity contribution in [1.29, 1.82) is 0 Å². The summed E-state index contributed by atoms with van der Waals surface area (Å²) in [6.07, 6.45) is 11.7. The molecule has 1 aliphatic rings. The fourth-order valence-electron chi connectivity index (χ4n) is 3.31. The van der Waals surface area contributed by atoms with E-state index in [-0.39, 0.29) is 0 Å². The number of nitrogens with zero attached hydrogens (tertiary/aromatic N) is 1. The number of rotatable bonds is 7. The molecule has 1 atom stereocenters. The third-order valence-electron chi connectivity index (χ3n) is 4.64. The van der Waals surface area contributed by atoms with Crippen molar-refractivity contribution in [3.05, 3.63) is 0 Å². The molecule has 0 heterocycles. The first-order valence-corrected chi connectivity index (χ1v) is 8.96. The zero-order valence-electron chi connectivity index (χ0n) is 12.6. The quantitative estimate of drug-likeness (QED) is 0.721. The average molecular weight is 273 g/mol. The molecule has 3 heteroatoms. The molecule has 1 fully saturated rings. The van der Waals surface area contributed by atoms with Crippen molar-refractivity contribution in [1.82, 2.24) is 4.90 Å². The second-order valence-electron chi connectivity index (χ2n) is 6.05. The van der Waals surface area contributed by atoms with E-state index in [0.29, 0.717) is 11.5 Å². The van der Waals surface area contributed by atoms with E-state index in [0.717, 1.165) is 6.54 Å². The van der Waals surface area contributed by atoms with E-state index in [2.05, 4.69) is 25.1 Å². The van der Waals surface area contributed by atoms with Crippen molar-refractivity contribution < 1.29 is 0 Å². The van der Waals surface area contributed by atoms with Crippen LogP contribution < -0.4 is 5.73 Å². The summed E-state index contributed by atoms with van der Waals surface area (Å²) in [6, 6.07) is 0.715. The van der Waals surface area contributed by atoms with E-state index in [1.54, 1.807) is 0 Å². The Labute approximate surface area is 118 Å². The second-order valence-corrected chi connectivity index (χ2v) is 6.96. The summed E-state index contributed by atoms with van der Waals surface area (Å²) in [5.74, 6) is 1.24. The van der Waals surface area contributed by atoms with Gasteiger partial charge >= 0.3 is 0 Å². The predicted molar refractivity (Wildman–Crippen MR) is 84.3 cm³/mol. The Hall–Kier alpha value is 0.270. The van der Waals surface area contributed by atoms with Crippen LogP contribution in [0.2, 0.25) is 0 Å². The first-order chi connectivity index (χ1) is 8.67. The maximum Gasteiger partial charge on any atom is 0.0180 e. The lowest BCUT2D eigenvalue weighted by Crippen LogP contribution is -2.45. The molecule has 0 spiro atoms. The Kier molecular flexibility index (Phi) is 7.66. The molecule has 0 saturated heterocycles.